The molecule has 104 valence electrons. The van der Waals surface area contributed by atoms with Gasteiger partial charge in [0, 0.05) is 25.5 Å². The molecule has 1 atom stereocenters. The molecule has 3 nitrogen and oxygen atoms in total. The Kier molecular flexibility index (Phi) is 4.81. The monoisotopic (exact) mass is 348 g/mol. The highest BCUT2D eigenvalue weighted by Crippen LogP contribution is 2.27. The number of ether oxygens (including phenoxy) is 1. The molecule has 0 amide bonds. The third-order valence-corrected chi connectivity index (χ3v) is 3.77. The van der Waals surface area contributed by atoms with Gasteiger partial charge in [0.15, 0.2) is 0 Å². The van der Waals surface area contributed by atoms with Crippen LogP contribution in [0.15, 0.2) is 16.6 Å². The highest BCUT2D eigenvalue weighted by molar-refractivity contribution is 9.10. The number of aryl methyl sites for hydroxylation is 1. The molecule has 2 rings (SSSR count). The standard InChI is InChI=1S/C13H15BrClFN2O/c1-8(7-19-2)18-12-6-10(16)9(14)5-11(12)17-13(18)3-4-15/h5-6,8H,3-4,7H2,1-2H3. The summed E-state index contributed by atoms with van der Waals surface area (Å²) in [6, 6.07) is 3.27. The Balaban J connectivity index is 2.61. The van der Waals surface area contributed by atoms with Crippen molar-refractivity contribution in [3.63, 3.8) is 0 Å². The van der Waals surface area contributed by atoms with Crippen LogP contribution in [-0.4, -0.2) is 29.1 Å². The fourth-order valence-electron chi connectivity index (χ4n) is 2.21. The zero-order valence-electron chi connectivity index (χ0n) is 10.8. The highest BCUT2D eigenvalue weighted by Gasteiger charge is 2.17. The predicted octanol–water partition coefficient (Wildman–Crippen LogP) is 3.93. The van der Waals surface area contributed by atoms with Crippen molar-refractivity contribution in [3.05, 3.63) is 28.2 Å². The molecule has 0 N–H and O–H groups in total. The average Bonchev–Trinajstić information content (AvgIpc) is 2.68. The summed E-state index contributed by atoms with van der Waals surface area (Å²) in [5.74, 6) is 1.04. The first-order chi connectivity index (χ1) is 9.08. The van der Waals surface area contributed by atoms with Gasteiger partial charge in [-0.1, -0.05) is 0 Å². The number of methoxy groups -OCH3 is 1. The second-order valence-corrected chi connectivity index (χ2v) is 5.63. The van der Waals surface area contributed by atoms with Crippen LogP contribution in [0.1, 0.15) is 18.8 Å². The summed E-state index contributed by atoms with van der Waals surface area (Å²) in [4.78, 5) is 4.53. The smallest absolute Gasteiger partial charge is 0.139 e. The second-order valence-electron chi connectivity index (χ2n) is 4.40. The number of benzene rings is 1. The minimum absolute atomic E-state index is 0.0776. The lowest BCUT2D eigenvalue weighted by atomic mass is 10.2. The Labute approximate surface area is 124 Å². The van der Waals surface area contributed by atoms with Crippen LogP contribution in [0.25, 0.3) is 11.0 Å². The predicted molar refractivity (Wildman–Crippen MR) is 78.4 cm³/mol. The van der Waals surface area contributed by atoms with Gasteiger partial charge in [-0.2, -0.15) is 0 Å². The number of hydrogen-bond acceptors (Lipinski definition) is 2. The lowest BCUT2D eigenvalue weighted by Crippen LogP contribution is -2.14. The number of rotatable bonds is 5. The number of nitrogens with zero attached hydrogens (tertiary/aromatic N) is 2. The fourth-order valence-corrected chi connectivity index (χ4v) is 2.71. The third kappa shape index (κ3) is 2.93. The summed E-state index contributed by atoms with van der Waals surface area (Å²) in [7, 11) is 1.65. The first kappa shape index (κ1) is 14.8. The van der Waals surface area contributed by atoms with E-state index in [9.17, 15) is 4.39 Å². The molecule has 0 saturated heterocycles. The van der Waals surface area contributed by atoms with Crippen LogP contribution in [0.5, 0.6) is 0 Å². The highest BCUT2D eigenvalue weighted by atomic mass is 79.9. The van der Waals surface area contributed by atoms with Crippen molar-refractivity contribution in [2.75, 3.05) is 19.6 Å². The van der Waals surface area contributed by atoms with Crippen LogP contribution in [0.3, 0.4) is 0 Å². The van der Waals surface area contributed by atoms with E-state index in [1.807, 2.05) is 11.5 Å². The van der Waals surface area contributed by atoms with Crippen LogP contribution in [0.4, 0.5) is 4.39 Å². The van der Waals surface area contributed by atoms with Gasteiger partial charge < -0.3 is 9.30 Å². The van der Waals surface area contributed by atoms with Crippen molar-refractivity contribution in [2.24, 2.45) is 0 Å². The van der Waals surface area contributed by atoms with Crippen molar-refractivity contribution < 1.29 is 9.13 Å². The Morgan fingerprint density at radius 3 is 2.89 bits per heavy atom. The van der Waals surface area contributed by atoms with Crippen LogP contribution >= 0.6 is 27.5 Å². The van der Waals surface area contributed by atoms with Gasteiger partial charge in [0.25, 0.3) is 0 Å². The molecule has 0 spiro atoms. The normalized spacial score (nSPS) is 13.1. The molecule has 0 aliphatic carbocycles. The summed E-state index contributed by atoms with van der Waals surface area (Å²) in [6.07, 6.45) is 0.642. The van der Waals surface area contributed by atoms with E-state index < -0.39 is 0 Å². The summed E-state index contributed by atoms with van der Waals surface area (Å²) in [5.41, 5.74) is 1.53. The molecule has 0 radical (unpaired) electrons. The Bertz CT molecular complexity index is 588. The van der Waals surface area contributed by atoms with E-state index >= 15 is 0 Å². The minimum Gasteiger partial charge on any atom is -0.383 e. The van der Waals surface area contributed by atoms with E-state index in [0.29, 0.717) is 23.4 Å². The molecule has 1 aromatic carbocycles. The first-order valence-corrected chi connectivity index (χ1v) is 7.32. The van der Waals surface area contributed by atoms with Gasteiger partial charge in [-0.3, -0.25) is 0 Å². The number of hydrogen-bond donors (Lipinski definition) is 0. The molecular weight excluding hydrogens is 335 g/mol. The van der Waals surface area contributed by atoms with Gasteiger partial charge in [-0.25, -0.2) is 9.37 Å². The molecule has 2 aromatic rings. The zero-order chi connectivity index (χ0) is 14.0. The van der Waals surface area contributed by atoms with Crippen molar-refractivity contribution in [1.29, 1.82) is 0 Å². The molecule has 19 heavy (non-hydrogen) atoms. The van der Waals surface area contributed by atoms with Crippen LogP contribution in [0.2, 0.25) is 0 Å². The minimum atomic E-state index is -0.296. The third-order valence-electron chi connectivity index (χ3n) is 2.97. The zero-order valence-corrected chi connectivity index (χ0v) is 13.1. The average molecular weight is 350 g/mol. The first-order valence-electron chi connectivity index (χ1n) is 5.99. The summed E-state index contributed by atoms with van der Waals surface area (Å²) in [6.45, 7) is 2.56. The van der Waals surface area contributed by atoms with E-state index in [4.69, 9.17) is 16.3 Å². The number of fused-ring (bicyclic) bond motifs is 1. The van der Waals surface area contributed by atoms with E-state index in [1.54, 1.807) is 13.2 Å². The molecule has 0 aliphatic heterocycles. The quantitative estimate of drug-likeness (QED) is 0.765. The fraction of sp³-hybridized carbons (Fsp3) is 0.462. The van der Waals surface area contributed by atoms with Crippen LogP contribution < -0.4 is 0 Å². The lowest BCUT2D eigenvalue weighted by Gasteiger charge is -2.16. The maximum atomic E-state index is 13.7. The van der Waals surface area contributed by atoms with Gasteiger partial charge in [-0.15, -0.1) is 11.6 Å². The number of halogens is 3. The Morgan fingerprint density at radius 1 is 1.53 bits per heavy atom. The molecular formula is C13H15BrClFN2O. The summed E-state index contributed by atoms with van der Waals surface area (Å²) < 4.78 is 21.3. The van der Waals surface area contributed by atoms with E-state index in [0.717, 1.165) is 16.9 Å². The largest absolute Gasteiger partial charge is 0.383 e. The molecule has 0 saturated carbocycles. The summed E-state index contributed by atoms with van der Waals surface area (Å²) in [5, 5.41) is 0. The van der Waals surface area contributed by atoms with E-state index in [1.165, 1.54) is 6.07 Å². The SMILES string of the molecule is COCC(C)n1c(CCCl)nc2cc(Br)c(F)cc21. The molecule has 0 bridgehead atoms. The van der Waals surface area contributed by atoms with Gasteiger partial charge in [0.05, 0.1) is 28.2 Å². The van der Waals surface area contributed by atoms with Crippen LogP contribution in [0, 0.1) is 5.82 Å². The molecule has 6 heteroatoms. The molecule has 1 unspecified atom stereocenters. The molecule has 1 heterocycles. The van der Waals surface area contributed by atoms with Gasteiger partial charge in [0.1, 0.15) is 11.6 Å². The molecule has 0 fully saturated rings. The van der Waals surface area contributed by atoms with Gasteiger partial charge >= 0.3 is 0 Å². The van der Waals surface area contributed by atoms with Crippen molar-refractivity contribution in [3.8, 4) is 0 Å². The van der Waals surface area contributed by atoms with Crippen molar-refractivity contribution in [1.82, 2.24) is 9.55 Å². The lowest BCUT2D eigenvalue weighted by molar-refractivity contribution is 0.162. The van der Waals surface area contributed by atoms with Crippen LogP contribution in [-0.2, 0) is 11.2 Å². The second kappa shape index (κ2) is 6.20. The van der Waals surface area contributed by atoms with Gasteiger partial charge in [-0.05, 0) is 28.9 Å². The number of aromatic nitrogens is 2. The topological polar surface area (TPSA) is 27.1 Å². The maximum Gasteiger partial charge on any atom is 0.139 e. The summed E-state index contributed by atoms with van der Waals surface area (Å²) >= 11 is 8.99. The van der Waals surface area contributed by atoms with Crippen molar-refractivity contribution >= 4 is 38.6 Å². The molecule has 1 aromatic heterocycles. The maximum absolute atomic E-state index is 13.7. The number of alkyl halides is 1. The Morgan fingerprint density at radius 2 is 2.26 bits per heavy atom. The van der Waals surface area contributed by atoms with Crippen molar-refractivity contribution in [2.45, 2.75) is 19.4 Å². The van der Waals surface area contributed by atoms with E-state index in [2.05, 4.69) is 20.9 Å². The number of imidazole rings is 1. The molecule has 0 aliphatic rings. The van der Waals surface area contributed by atoms with Gasteiger partial charge in [0.2, 0.25) is 0 Å². The Hall–Kier alpha value is -0.650. The van der Waals surface area contributed by atoms with E-state index in [-0.39, 0.29) is 11.9 Å².